The molecule has 1 N–H and O–H groups in total. The van der Waals surface area contributed by atoms with E-state index in [1.807, 2.05) is 20.1 Å². The third-order valence-electron chi connectivity index (χ3n) is 4.56. The molecule has 1 rings (SSSR count). The first kappa shape index (κ1) is 18.0. The molecule has 1 aliphatic rings. The van der Waals surface area contributed by atoms with E-state index in [1.54, 1.807) is 25.6 Å². The smallest absolute Gasteiger partial charge is 0.314 e. The average molecular weight is 315 g/mol. The van der Waals surface area contributed by atoms with Gasteiger partial charge in [-0.3, -0.25) is 14.6 Å². The minimum absolute atomic E-state index is 0.287. The molecular weight excluding hydrogens is 290 g/mol. The summed E-state index contributed by atoms with van der Waals surface area (Å²) in [5.41, 5.74) is -0.338. The zero-order valence-electron chi connectivity index (χ0n) is 13.4. The van der Waals surface area contributed by atoms with Gasteiger partial charge in [0, 0.05) is 5.71 Å². The SMILES string of the molecule is CCOC(=O)C1C(C)=NC(C)C(CCSC)(C(=O)O)C1C. The van der Waals surface area contributed by atoms with Crippen molar-refractivity contribution in [2.24, 2.45) is 22.2 Å². The van der Waals surface area contributed by atoms with Crippen LogP contribution in [0.1, 0.15) is 34.1 Å². The molecule has 0 aromatic carbocycles. The van der Waals surface area contributed by atoms with Gasteiger partial charge in [-0.05, 0) is 45.1 Å². The molecule has 0 saturated heterocycles. The van der Waals surface area contributed by atoms with Crippen molar-refractivity contribution in [3.8, 4) is 0 Å². The maximum atomic E-state index is 12.2. The Morgan fingerprint density at radius 2 is 2.05 bits per heavy atom. The number of rotatable bonds is 6. The van der Waals surface area contributed by atoms with Crippen LogP contribution in [0.5, 0.6) is 0 Å². The predicted octanol–water partition coefficient (Wildman–Crippen LogP) is 2.49. The van der Waals surface area contributed by atoms with Gasteiger partial charge >= 0.3 is 11.9 Å². The number of esters is 1. The van der Waals surface area contributed by atoms with E-state index in [4.69, 9.17) is 4.74 Å². The Morgan fingerprint density at radius 1 is 1.43 bits per heavy atom. The van der Waals surface area contributed by atoms with Crippen LogP contribution < -0.4 is 0 Å². The minimum atomic E-state index is -1.01. The van der Waals surface area contributed by atoms with Crippen LogP contribution in [-0.2, 0) is 14.3 Å². The van der Waals surface area contributed by atoms with Crippen LogP contribution in [0.15, 0.2) is 4.99 Å². The minimum Gasteiger partial charge on any atom is -0.481 e. The quantitative estimate of drug-likeness (QED) is 0.762. The summed E-state index contributed by atoms with van der Waals surface area (Å²) in [5.74, 6) is -1.42. The number of carboxylic acids is 1. The van der Waals surface area contributed by atoms with Crippen LogP contribution in [0.4, 0.5) is 0 Å². The number of aliphatic carboxylic acids is 1. The molecule has 0 amide bonds. The van der Waals surface area contributed by atoms with Crippen LogP contribution in [0.2, 0.25) is 0 Å². The van der Waals surface area contributed by atoms with Crippen molar-refractivity contribution < 1.29 is 19.4 Å². The number of aliphatic imine (C=N–C) groups is 1. The summed E-state index contributed by atoms with van der Waals surface area (Å²) in [7, 11) is 0. The fourth-order valence-corrected chi connectivity index (χ4v) is 3.88. The second kappa shape index (κ2) is 7.29. The topological polar surface area (TPSA) is 76.0 Å². The van der Waals surface area contributed by atoms with Gasteiger partial charge in [-0.2, -0.15) is 11.8 Å². The first-order valence-corrected chi connectivity index (χ1v) is 8.65. The van der Waals surface area contributed by atoms with Gasteiger partial charge < -0.3 is 9.84 Å². The van der Waals surface area contributed by atoms with Gasteiger partial charge in [-0.15, -0.1) is 0 Å². The molecule has 1 aliphatic heterocycles. The lowest BCUT2D eigenvalue weighted by Crippen LogP contribution is -2.54. The molecule has 1 heterocycles. The van der Waals surface area contributed by atoms with Crippen molar-refractivity contribution in [3.05, 3.63) is 0 Å². The molecule has 4 unspecified atom stereocenters. The third-order valence-corrected chi connectivity index (χ3v) is 5.18. The van der Waals surface area contributed by atoms with Crippen molar-refractivity contribution in [1.29, 1.82) is 0 Å². The third kappa shape index (κ3) is 3.25. The zero-order chi connectivity index (χ0) is 16.2. The maximum absolute atomic E-state index is 12.2. The number of hydrogen-bond donors (Lipinski definition) is 1. The predicted molar refractivity (Wildman–Crippen MR) is 84.9 cm³/mol. The van der Waals surface area contributed by atoms with Gasteiger partial charge in [0.1, 0.15) is 0 Å². The molecule has 0 spiro atoms. The summed E-state index contributed by atoms with van der Waals surface area (Å²) in [4.78, 5) is 28.7. The van der Waals surface area contributed by atoms with Crippen LogP contribution >= 0.6 is 11.8 Å². The normalized spacial score (nSPS) is 32.4. The molecule has 0 aromatic rings. The van der Waals surface area contributed by atoms with E-state index in [0.717, 1.165) is 5.75 Å². The van der Waals surface area contributed by atoms with E-state index in [-0.39, 0.29) is 24.5 Å². The number of ether oxygens (including phenoxy) is 1. The highest BCUT2D eigenvalue weighted by atomic mass is 32.2. The van der Waals surface area contributed by atoms with E-state index in [1.165, 1.54) is 0 Å². The summed E-state index contributed by atoms with van der Waals surface area (Å²) in [6, 6.07) is -0.345. The second-order valence-corrected chi connectivity index (χ2v) is 6.54. The highest BCUT2D eigenvalue weighted by molar-refractivity contribution is 7.98. The highest BCUT2D eigenvalue weighted by Crippen LogP contribution is 2.46. The Labute approximate surface area is 130 Å². The van der Waals surface area contributed by atoms with Gasteiger partial charge in [0.05, 0.1) is 24.0 Å². The van der Waals surface area contributed by atoms with Crippen molar-refractivity contribution in [2.75, 3.05) is 18.6 Å². The van der Waals surface area contributed by atoms with Gasteiger partial charge in [0.15, 0.2) is 0 Å². The van der Waals surface area contributed by atoms with Crippen LogP contribution in [0, 0.1) is 17.3 Å². The van der Waals surface area contributed by atoms with E-state index < -0.39 is 17.3 Å². The first-order valence-electron chi connectivity index (χ1n) is 7.26. The zero-order valence-corrected chi connectivity index (χ0v) is 14.2. The van der Waals surface area contributed by atoms with Crippen molar-refractivity contribution in [2.45, 2.75) is 40.2 Å². The lowest BCUT2D eigenvalue weighted by molar-refractivity contribution is -0.160. The first-order chi connectivity index (χ1) is 9.82. The van der Waals surface area contributed by atoms with Crippen molar-refractivity contribution in [3.63, 3.8) is 0 Å². The van der Waals surface area contributed by atoms with Gasteiger partial charge in [-0.25, -0.2) is 0 Å². The van der Waals surface area contributed by atoms with Gasteiger partial charge in [-0.1, -0.05) is 6.92 Å². The van der Waals surface area contributed by atoms with E-state index in [0.29, 0.717) is 12.1 Å². The fraction of sp³-hybridized carbons (Fsp3) is 0.800. The number of carboxylic acid groups (broad SMARTS) is 1. The molecular formula is C15H25NO4S. The molecule has 5 nitrogen and oxygen atoms in total. The monoisotopic (exact) mass is 315 g/mol. The van der Waals surface area contributed by atoms with E-state index in [2.05, 4.69) is 4.99 Å². The standard InChI is InChI=1S/C15H25NO4S/c1-6-20-13(17)12-9(2)15(14(18)19,7-8-21-5)11(4)16-10(12)3/h9,11-12H,6-8H2,1-5H3,(H,18,19). The molecule has 6 heteroatoms. The van der Waals surface area contributed by atoms with E-state index >= 15 is 0 Å². The van der Waals surface area contributed by atoms with Gasteiger partial charge in [0.25, 0.3) is 0 Å². The Kier molecular flexibility index (Phi) is 6.25. The molecule has 0 bridgehead atoms. The van der Waals surface area contributed by atoms with Crippen LogP contribution in [0.25, 0.3) is 0 Å². The molecule has 120 valence electrons. The van der Waals surface area contributed by atoms with Crippen LogP contribution in [0.3, 0.4) is 0 Å². The number of carbonyl (C=O) groups is 2. The lowest BCUT2D eigenvalue weighted by atomic mass is 9.62. The van der Waals surface area contributed by atoms with Crippen molar-refractivity contribution >= 4 is 29.4 Å². The number of hydrogen-bond acceptors (Lipinski definition) is 5. The Balaban J connectivity index is 3.25. The summed E-state index contributed by atoms with van der Waals surface area (Å²) in [5, 5.41) is 9.84. The highest BCUT2D eigenvalue weighted by Gasteiger charge is 2.55. The van der Waals surface area contributed by atoms with E-state index in [9.17, 15) is 14.7 Å². The summed E-state index contributed by atoms with van der Waals surface area (Å²) >= 11 is 1.61. The second-order valence-electron chi connectivity index (χ2n) is 5.55. The Morgan fingerprint density at radius 3 is 2.52 bits per heavy atom. The molecule has 0 saturated carbocycles. The number of thioether (sulfide) groups is 1. The molecule has 21 heavy (non-hydrogen) atoms. The summed E-state index contributed by atoms with van der Waals surface area (Å²) in [6.07, 6.45) is 2.45. The molecule has 0 fully saturated rings. The fourth-order valence-electron chi connectivity index (χ4n) is 3.34. The summed E-state index contributed by atoms with van der Waals surface area (Å²) < 4.78 is 5.12. The number of nitrogens with zero attached hydrogens (tertiary/aromatic N) is 1. The van der Waals surface area contributed by atoms with Crippen molar-refractivity contribution in [1.82, 2.24) is 0 Å². The maximum Gasteiger partial charge on any atom is 0.314 e. The Hall–Kier alpha value is -1.04. The van der Waals surface area contributed by atoms with Gasteiger partial charge in [0.2, 0.25) is 0 Å². The molecule has 0 radical (unpaired) electrons. The largest absolute Gasteiger partial charge is 0.481 e. The lowest BCUT2D eigenvalue weighted by Gasteiger charge is -2.45. The molecule has 4 atom stereocenters. The molecule has 0 aromatic heterocycles. The summed E-state index contributed by atoms with van der Waals surface area (Å²) in [6.45, 7) is 7.49. The molecule has 0 aliphatic carbocycles. The van der Waals surface area contributed by atoms with Crippen LogP contribution in [-0.4, -0.2) is 47.4 Å². The Bertz CT molecular complexity index is 437. The number of carbonyl (C=O) groups excluding carboxylic acids is 1. The average Bonchev–Trinajstić information content (AvgIpc) is 2.38.